The van der Waals surface area contributed by atoms with Gasteiger partial charge in [0.05, 0.1) is 0 Å². The van der Waals surface area contributed by atoms with E-state index in [4.69, 9.17) is 0 Å². The third-order valence-corrected chi connectivity index (χ3v) is 4.06. The van der Waals surface area contributed by atoms with Gasteiger partial charge in [0, 0.05) is 56.3 Å². The van der Waals surface area contributed by atoms with Crippen LogP contribution in [-0.2, 0) is 17.8 Å². The number of fused-ring (bicyclic) bond motifs is 1. The predicted octanol–water partition coefficient (Wildman–Crippen LogP) is 0.218. The maximum absolute atomic E-state index is 12.3. The summed E-state index contributed by atoms with van der Waals surface area (Å²) in [5, 5.41) is 13.3. The Balaban J connectivity index is 0.00000176. The lowest BCUT2D eigenvalue weighted by atomic mass is 10.1. The van der Waals surface area contributed by atoms with Gasteiger partial charge in [0.2, 0.25) is 5.91 Å². The minimum Gasteiger partial charge on any atom is -0.346 e. The van der Waals surface area contributed by atoms with E-state index in [2.05, 4.69) is 20.8 Å². The molecule has 1 fully saturated rings. The Morgan fingerprint density at radius 1 is 1.45 bits per heavy atom. The Morgan fingerprint density at radius 2 is 2.27 bits per heavy atom. The number of amides is 2. The predicted molar refractivity (Wildman–Crippen MR) is 84.0 cm³/mol. The van der Waals surface area contributed by atoms with Gasteiger partial charge in [0.1, 0.15) is 0 Å². The third kappa shape index (κ3) is 3.41. The van der Waals surface area contributed by atoms with E-state index in [-0.39, 0.29) is 30.3 Å². The van der Waals surface area contributed by atoms with Gasteiger partial charge >= 0.3 is 0 Å². The van der Waals surface area contributed by atoms with Crippen molar-refractivity contribution in [3.05, 3.63) is 17.0 Å². The van der Waals surface area contributed by atoms with Gasteiger partial charge < -0.3 is 15.5 Å². The lowest BCUT2D eigenvalue weighted by molar-refractivity contribution is -0.127. The summed E-state index contributed by atoms with van der Waals surface area (Å²) in [6.45, 7) is 4.86. The summed E-state index contributed by atoms with van der Waals surface area (Å²) in [5.41, 5.74) is 2.47. The van der Waals surface area contributed by atoms with Crippen LogP contribution in [-0.4, -0.2) is 52.6 Å². The van der Waals surface area contributed by atoms with Crippen LogP contribution in [0.3, 0.4) is 0 Å². The SMILES string of the molecule is CC(CN1CCCC1=O)NC(=O)c1n[nH]c2c1CNCC2.Cl. The highest BCUT2D eigenvalue weighted by molar-refractivity contribution is 5.94. The molecule has 0 bridgehead atoms. The van der Waals surface area contributed by atoms with Crippen molar-refractivity contribution in [2.45, 2.75) is 38.8 Å². The standard InChI is InChI=1S/C14H21N5O2.ClH/c1-9(8-19-6-2-3-12(19)20)16-14(21)13-10-7-15-5-4-11(10)17-18-13;/h9,15H,2-8H2,1H3,(H,16,21)(H,17,18);1H. The average Bonchev–Trinajstić information content (AvgIpc) is 3.05. The van der Waals surface area contributed by atoms with Crippen LogP contribution in [0.15, 0.2) is 0 Å². The molecule has 2 aliphatic heterocycles. The molecule has 8 heteroatoms. The first-order chi connectivity index (χ1) is 10.1. The summed E-state index contributed by atoms with van der Waals surface area (Å²) in [5.74, 6) is 0.00722. The maximum atomic E-state index is 12.3. The number of halogens is 1. The van der Waals surface area contributed by atoms with Crippen molar-refractivity contribution in [1.82, 2.24) is 25.7 Å². The van der Waals surface area contributed by atoms with Gasteiger partial charge in [0.15, 0.2) is 5.69 Å². The molecule has 7 nitrogen and oxygen atoms in total. The first kappa shape index (κ1) is 16.8. The van der Waals surface area contributed by atoms with Crippen LogP contribution in [0.1, 0.15) is 41.5 Å². The van der Waals surface area contributed by atoms with Crippen LogP contribution < -0.4 is 10.6 Å². The van der Waals surface area contributed by atoms with Crippen LogP contribution in [0.2, 0.25) is 0 Å². The topological polar surface area (TPSA) is 90.1 Å². The molecule has 3 N–H and O–H groups in total. The highest BCUT2D eigenvalue weighted by Crippen LogP contribution is 2.15. The molecule has 122 valence electrons. The average molecular weight is 328 g/mol. The van der Waals surface area contributed by atoms with Crippen LogP contribution in [0.5, 0.6) is 0 Å². The first-order valence-corrected chi connectivity index (χ1v) is 7.50. The van der Waals surface area contributed by atoms with Crippen LogP contribution in [0.4, 0.5) is 0 Å². The number of nitrogens with zero attached hydrogens (tertiary/aromatic N) is 2. The third-order valence-electron chi connectivity index (χ3n) is 4.06. The summed E-state index contributed by atoms with van der Waals surface area (Å²) in [4.78, 5) is 25.7. The van der Waals surface area contributed by atoms with Crippen molar-refractivity contribution in [2.24, 2.45) is 0 Å². The number of carbonyl (C=O) groups excluding carboxylic acids is 2. The van der Waals surface area contributed by atoms with Crippen LogP contribution in [0, 0.1) is 0 Å². The number of aromatic nitrogens is 2. The molecule has 3 rings (SSSR count). The molecule has 22 heavy (non-hydrogen) atoms. The minimum absolute atomic E-state index is 0. The Hall–Kier alpha value is -1.60. The Bertz CT molecular complexity index is 559. The molecule has 0 saturated carbocycles. The zero-order valence-electron chi connectivity index (χ0n) is 12.6. The number of hydrogen-bond donors (Lipinski definition) is 3. The van der Waals surface area contributed by atoms with E-state index in [1.54, 1.807) is 0 Å². The Labute approximate surface area is 135 Å². The van der Waals surface area contributed by atoms with Gasteiger partial charge in [-0.15, -0.1) is 12.4 Å². The monoisotopic (exact) mass is 327 g/mol. The number of nitrogens with one attached hydrogen (secondary N) is 3. The molecule has 1 aromatic rings. The summed E-state index contributed by atoms with van der Waals surface area (Å²) in [6, 6.07) is -0.0801. The van der Waals surface area contributed by atoms with Crippen molar-refractivity contribution < 1.29 is 9.59 Å². The van der Waals surface area contributed by atoms with Gasteiger partial charge in [-0.3, -0.25) is 14.7 Å². The largest absolute Gasteiger partial charge is 0.346 e. The fourth-order valence-electron chi connectivity index (χ4n) is 2.98. The number of aromatic amines is 1. The summed E-state index contributed by atoms with van der Waals surface area (Å²) >= 11 is 0. The van der Waals surface area contributed by atoms with Gasteiger partial charge in [0.25, 0.3) is 5.91 Å². The fraction of sp³-hybridized carbons (Fsp3) is 0.643. The molecule has 1 saturated heterocycles. The lowest BCUT2D eigenvalue weighted by Gasteiger charge is -2.21. The van der Waals surface area contributed by atoms with Crippen molar-refractivity contribution in [1.29, 1.82) is 0 Å². The highest BCUT2D eigenvalue weighted by atomic mass is 35.5. The molecule has 3 heterocycles. The normalized spacial score (nSPS) is 18.6. The molecule has 0 radical (unpaired) electrons. The Morgan fingerprint density at radius 3 is 3.00 bits per heavy atom. The first-order valence-electron chi connectivity index (χ1n) is 7.50. The summed E-state index contributed by atoms with van der Waals surface area (Å²) in [7, 11) is 0. The van der Waals surface area contributed by atoms with E-state index in [1.807, 2.05) is 11.8 Å². The maximum Gasteiger partial charge on any atom is 0.272 e. The molecule has 2 aliphatic rings. The molecule has 1 atom stereocenters. The minimum atomic E-state index is -0.171. The van der Waals surface area contributed by atoms with Crippen molar-refractivity contribution >= 4 is 24.2 Å². The number of likely N-dealkylation sites (tertiary alicyclic amines) is 1. The van der Waals surface area contributed by atoms with Gasteiger partial charge in [-0.2, -0.15) is 5.10 Å². The van der Waals surface area contributed by atoms with Gasteiger partial charge in [-0.25, -0.2) is 0 Å². The van der Waals surface area contributed by atoms with Gasteiger partial charge in [-0.1, -0.05) is 0 Å². The fourth-order valence-corrected chi connectivity index (χ4v) is 2.98. The quantitative estimate of drug-likeness (QED) is 0.738. The van der Waals surface area contributed by atoms with Crippen LogP contribution in [0.25, 0.3) is 0 Å². The molecule has 2 amide bonds. The zero-order chi connectivity index (χ0) is 14.8. The highest BCUT2D eigenvalue weighted by Gasteiger charge is 2.25. The second-order valence-corrected chi connectivity index (χ2v) is 5.77. The molecule has 1 aromatic heterocycles. The second-order valence-electron chi connectivity index (χ2n) is 5.77. The molecule has 0 aromatic carbocycles. The second kappa shape index (κ2) is 7.11. The molecular formula is C14H22ClN5O2. The van der Waals surface area contributed by atoms with Crippen molar-refractivity contribution in [2.75, 3.05) is 19.6 Å². The number of H-pyrrole nitrogens is 1. The number of rotatable bonds is 4. The van der Waals surface area contributed by atoms with E-state index in [0.717, 1.165) is 37.2 Å². The number of carbonyl (C=O) groups is 2. The molecule has 1 unspecified atom stereocenters. The van der Waals surface area contributed by atoms with E-state index >= 15 is 0 Å². The Kier molecular flexibility index (Phi) is 5.42. The molecular weight excluding hydrogens is 306 g/mol. The van der Waals surface area contributed by atoms with E-state index in [0.29, 0.717) is 25.2 Å². The number of hydrogen-bond acceptors (Lipinski definition) is 4. The van der Waals surface area contributed by atoms with E-state index in [1.165, 1.54) is 0 Å². The zero-order valence-corrected chi connectivity index (χ0v) is 13.5. The molecule has 0 spiro atoms. The van der Waals surface area contributed by atoms with E-state index in [9.17, 15) is 9.59 Å². The van der Waals surface area contributed by atoms with Crippen molar-refractivity contribution in [3.63, 3.8) is 0 Å². The summed E-state index contributed by atoms with van der Waals surface area (Å²) in [6.07, 6.45) is 2.41. The smallest absolute Gasteiger partial charge is 0.272 e. The van der Waals surface area contributed by atoms with E-state index < -0.39 is 0 Å². The lowest BCUT2D eigenvalue weighted by Crippen LogP contribution is -2.43. The molecule has 0 aliphatic carbocycles. The van der Waals surface area contributed by atoms with Crippen LogP contribution >= 0.6 is 12.4 Å². The van der Waals surface area contributed by atoms with Crippen molar-refractivity contribution in [3.8, 4) is 0 Å². The van der Waals surface area contributed by atoms with Gasteiger partial charge in [-0.05, 0) is 13.3 Å². The summed E-state index contributed by atoms with van der Waals surface area (Å²) < 4.78 is 0.